The highest BCUT2D eigenvalue weighted by atomic mass is 16.3. The van der Waals surface area contributed by atoms with Crippen LogP contribution in [-0.4, -0.2) is 47.6 Å². The van der Waals surface area contributed by atoms with Gasteiger partial charge in [0.1, 0.15) is 18.1 Å². The zero-order valence-electron chi connectivity index (χ0n) is 13.0. The summed E-state index contributed by atoms with van der Waals surface area (Å²) in [6.07, 6.45) is 0.704. The van der Waals surface area contributed by atoms with Crippen LogP contribution in [0.25, 0.3) is 0 Å². The molecule has 3 amide bonds. The molecule has 0 aromatic carbocycles. The zero-order chi connectivity index (χ0) is 16.2. The Morgan fingerprint density at radius 2 is 1.48 bits per heavy atom. The van der Waals surface area contributed by atoms with Crippen LogP contribution < -0.4 is 16.0 Å². The number of carbonyl (C=O) groups excluding carboxylic acids is 3. The van der Waals surface area contributed by atoms with Crippen LogP contribution in [0.5, 0.6) is 0 Å². The third-order valence-corrected chi connectivity index (χ3v) is 3.86. The van der Waals surface area contributed by atoms with Crippen LogP contribution in [0.4, 0.5) is 0 Å². The smallest absolute Gasteiger partial charge is 0.245 e. The van der Waals surface area contributed by atoms with Crippen molar-refractivity contribution in [3.05, 3.63) is 0 Å². The van der Waals surface area contributed by atoms with Gasteiger partial charge in [0, 0.05) is 0 Å². The lowest BCUT2D eigenvalue weighted by Crippen LogP contribution is -2.54. The summed E-state index contributed by atoms with van der Waals surface area (Å²) in [5.41, 5.74) is 0. The van der Waals surface area contributed by atoms with Gasteiger partial charge < -0.3 is 21.1 Å². The Kier molecular flexibility index (Phi) is 6.14. The quantitative estimate of drug-likeness (QED) is 0.542. The highest BCUT2D eigenvalue weighted by molar-refractivity contribution is 5.97. The molecule has 21 heavy (non-hydrogen) atoms. The second-order valence-electron chi connectivity index (χ2n) is 5.85. The van der Waals surface area contributed by atoms with Crippen LogP contribution in [0.3, 0.4) is 0 Å². The number of hydrogen-bond acceptors (Lipinski definition) is 4. The molecule has 1 fully saturated rings. The summed E-state index contributed by atoms with van der Waals surface area (Å²) < 4.78 is 0. The van der Waals surface area contributed by atoms with Crippen molar-refractivity contribution in [1.82, 2.24) is 16.0 Å². The normalized spacial score (nSPS) is 28.9. The second-order valence-corrected chi connectivity index (χ2v) is 5.85. The van der Waals surface area contributed by atoms with Crippen LogP contribution >= 0.6 is 0 Å². The molecular weight excluding hydrogens is 274 g/mol. The van der Waals surface area contributed by atoms with Gasteiger partial charge in [0.05, 0.1) is 6.61 Å². The molecule has 4 atom stereocenters. The Morgan fingerprint density at radius 3 is 1.95 bits per heavy atom. The van der Waals surface area contributed by atoms with E-state index in [2.05, 4.69) is 16.0 Å². The molecule has 0 saturated carbocycles. The molecule has 1 unspecified atom stereocenters. The van der Waals surface area contributed by atoms with Gasteiger partial charge in [0.25, 0.3) is 0 Å². The van der Waals surface area contributed by atoms with Gasteiger partial charge in [-0.2, -0.15) is 0 Å². The molecule has 1 heterocycles. The molecule has 1 saturated heterocycles. The van der Waals surface area contributed by atoms with E-state index in [1.165, 1.54) is 0 Å². The third kappa shape index (κ3) is 4.17. The number of rotatable bonds is 4. The van der Waals surface area contributed by atoms with Crippen molar-refractivity contribution in [3.8, 4) is 0 Å². The van der Waals surface area contributed by atoms with Crippen molar-refractivity contribution in [1.29, 1.82) is 0 Å². The van der Waals surface area contributed by atoms with E-state index in [1.807, 2.05) is 27.7 Å². The lowest BCUT2D eigenvalue weighted by atomic mass is 9.97. The molecule has 1 aliphatic rings. The lowest BCUT2D eigenvalue weighted by Gasteiger charge is -2.25. The molecule has 0 spiro atoms. The van der Waals surface area contributed by atoms with E-state index in [0.29, 0.717) is 6.42 Å². The maximum Gasteiger partial charge on any atom is 0.245 e. The summed E-state index contributed by atoms with van der Waals surface area (Å²) in [5.74, 6) is -1.58. The molecule has 4 N–H and O–H groups in total. The van der Waals surface area contributed by atoms with Crippen molar-refractivity contribution in [2.45, 2.75) is 52.2 Å². The molecule has 7 heteroatoms. The summed E-state index contributed by atoms with van der Waals surface area (Å²) >= 11 is 0. The van der Waals surface area contributed by atoms with Crippen molar-refractivity contribution >= 4 is 17.7 Å². The minimum Gasteiger partial charge on any atom is -0.394 e. The van der Waals surface area contributed by atoms with Crippen LogP contribution in [0, 0.1) is 11.8 Å². The summed E-state index contributed by atoms with van der Waals surface area (Å²) in [4.78, 5) is 36.6. The summed E-state index contributed by atoms with van der Waals surface area (Å²) in [5, 5.41) is 17.1. The van der Waals surface area contributed by atoms with Crippen LogP contribution in [-0.2, 0) is 14.4 Å². The van der Waals surface area contributed by atoms with Gasteiger partial charge in [0.15, 0.2) is 0 Å². The van der Waals surface area contributed by atoms with Gasteiger partial charge >= 0.3 is 0 Å². The number of hydrogen-bond donors (Lipinski definition) is 4. The predicted molar refractivity (Wildman–Crippen MR) is 77.2 cm³/mol. The zero-order valence-corrected chi connectivity index (χ0v) is 13.0. The highest BCUT2D eigenvalue weighted by Crippen LogP contribution is 2.12. The first-order valence-electron chi connectivity index (χ1n) is 7.33. The minimum atomic E-state index is -1.04. The summed E-state index contributed by atoms with van der Waals surface area (Å²) in [6, 6.07) is -2.49. The minimum absolute atomic E-state index is 0.0747. The number of amides is 3. The standard InChI is InChI=1S/C14H25N3O4/c1-5-8(4)11-14(21)16-10(7(2)3)13(20)15-9(6-18)12(19)17-11/h7-11,18H,5-6H2,1-4H3,(H,15,20)(H,16,21)(H,17,19)/t8?,9-,10-,11-/m0/s1. The Morgan fingerprint density at radius 1 is 0.952 bits per heavy atom. The second kappa shape index (κ2) is 7.40. The monoisotopic (exact) mass is 299 g/mol. The van der Waals surface area contributed by atoms with E-state index < -0.39 is 36.5 Å². The molecule has 120 valence electrons. The van der Waals surface area contributed by atoms with Gasteiger partial charge in [-0.1, -0.05) is 34.1 Å². The number of aliphatic hydroxyl groups excluding tert-OH is 1. The topological polar surface area (TPSA) is 108 Å². The van der Waals surface area contributed by atoms with Crippen LogP contribution in [0.1, 0.15) is 34.1 Å². The molecular formula is C14H25N3O4. The van der Waals surface area contributed by atoms with E-state index >= 15 is 0 Å². The summed E-state index contributed by atoms with van der Waals surface area (Å²) in [7, 11) is 0. The average Bonchev–Trinajstić information content (AvgIpc) is 2.49. The Hall–Kier alpha value is -1.63. The molecule has 0 bridgehead atoms. The average molecular weight is 299 g/mol. The largest absolute Gasteiger partial charge is 0.394 e. The molecule has 1 aliphatic heterocycles. The first kappa shape index (κ1) is 17.4. The fourth-order valence-electron chi connectivity index (χ4n) is 2.19. The molecule has 1 rings (SSSR count). The first-order valence-corrected chi connectivity index (χ1v) is 7.33. The van der Waals surface area contributed by atoms with Crippen LogP contribution in [0.2, 0.25) is 0 Å². The Bertz CT molecular complexity index is 411. The summed E-state index contributed by atoms with van der Waals surface area (Å²) in [6.45, 7) is 6.89. The van der Waals surface area contributed by atoms with Crippen molar-refractivity contribution < 1.29 is 19.5 Å². The van der Waals surface area contributed by atoms with E-state index in [-0.39, 0.29) is 17.7 Å². The molecule has 0 aromatic rings. The molecule has 0 aromatic heterocycles. The maximum atomic E-state index is 12.4. The first-order chi connectivity index (χ1) is 9.81. The number of aliphatic hydroxyl groups is 1. The van der Waals surface area contributed by atoms with E-state index in [0.717, 1.165) is 0 Å². The van der Waals surface area contributed by atoms with Crippen molar-refractivity contribution in [2.75, 3.05) is 6.61 Å². The van der Waals surface area contributed by atoms with Gasteiger partial charge in [-0.15, -0.1) is 0 Å². The van der Waals surface area contributed by atoms with E-state index in [1.54, 1.807) is 0 Å². The lowest BCUT2D eigenvalue weighted by molar-refractivity contribution is -0.131. The van der Waals surface area contributed by atoms with Crippen molar-refractivity contribution in [3.63, 3.8) is 0 Å². The molecule has 0 radical (unpaired) electrons. The highest BCUT2D eigenvalue weighted by Gasteiger charge is 2.36. The van der Waals surface area contributed by atoms with Crippen LogP contribution in [0.15, 0.2) is 0 Å². The van der Waals surface area contributed by atoms with Gasteiger partial charge in [0.2, 0.25) is 17.7 Å². The third-order valence-electron chi connectivity index (χ3n) is 3.86. The fourth-order valence-corrected chi connectivity index (χ4v) is 2.19. The van der Waals surface area contributed by atoms with Gasteiger partial charge in [-0.05, 0) is 11.8 Å². The molecule has 7 nitrogen and oxygen atoms in total. The van der Waals surface area contributed by atoms with E-state index in [9.17, 15) is 19.5 Å². The SMILES string of the molecule is CCC(C)[C@@H]1NC(=O)[C@H](CO)NC(=O)[C@H](C(C)C)NC1=O. The Balaban J connectivity index is 3.11. The predicted octanol–water partition coefficient (Wildman–Crippen LogP) is -0.851. The maximum absolute atomic E-state index is 12.4. The van der Waals surface area contributed by atoms with Gasteiger partial charge in [-0.25, -0.2) is 0 Å². The number of carbonyl (C=O) groups is 3. The fraction of sp³-hybridized carbons (Fsp3) is 0.786. The van der Waals surface area contributed by atoms with E-state index in [4.69, 9.17) is 0 Å². The Labute approximate surface area is 124 Å². The van der Waals surface area contributed by atoms with Gasteiger partial charge in [-0.3, -0.25) is 14.4 Å². The molecule has 0 aliphatic carbocycles. The van der Waals surface area contributed by atoms with Crippen molar-refractivity contribution in [2.24, 2.45) is 11.8 Å². The number of nitrogens with one attached hydrogen (secondary N) is 3.